The molecule has 1 heterocycles. The maximum absolute atomic E-state index is 2.46. The van der Waals surface area contributed by atoms with Gasteiger partial charge < -0.3 is 0 Å². The van der Waals surface area contributed by atoms with Gasteiger partial charge in [-0.15, -0.1) is 0 Å². The molecule has 0 radical (unpaired) electrons. The molecule has 0 atom stereocenters. The first-order valence-corrected chi connectivity index (χ1v) is 5.01. The summed E-state index contributed by atoms with van der Waals surface area (Å²) in [5.41, 5.74) is 0. The third-order valence-electron chi connectivity index (χ3n) is 1.69. The Morgan fingerprint density at radius 1 is 1.11 bits per heavy atom. The Bertz CT molecular complexity index is 104. The molecule has 0 aromatic rings. The molecule has 0 N–H and O–H groups in total. The minimum absolute atomic E-state index is 0.218. The van der Waals surface area contributed by atoms with Crippen molar-refractivity contribution in [2.45, 2.75) is 1.68 Å². The SMILES string of the molecule is CN1CCN(C)C1(I)I. The number of hydrogen-bond donors (Lipinski definition) is 0. The van der Waals surface area contributed by atoms with Crippen LogP contribution in [-0.4, -0.2) is 38.7 Å². The van der Waals surface area contributed by atoms with Crippen LogP contribution in [0.15, 0.2) is 0 Å². The molecule has 0 spiro atoms. The van der Waals surface area contributed by atoms with Gasteiger partial charge in [-0.2, -0.15) is 0 Å². The lowest BCUT2D eigenvalue weighted by atomic mass is 10.6. The Kier molecular flexibility index (Phi) is 2.62. The van der Waals surface area contributed by atoms with Crippen molar-refractivity contribution in [1.29, 1.82) is 0 Å². The molecule has 9 heavy (non-hydrogen) atoms. The van der Waals surface area contributed by atoms with E-state index in [0.717, 1.165) is 0 Å². The zero-order valence-corrected chi connectivity index (χ0v) is 9.88. The fourth-order valence-corrected chi connectivity index (χ4v) is 1.83. The number of alkyl halides is 2. The highest BCUT2D eigenvalue weighted by atomic mass is 127. The van der Waals surface area contributed by atoms with Crippen LogP contribution < -0.4 is 0 Å². The van der Waals surface area contributed by atoms with Crippen LogP contribution in [0.3, 0.4) is 0 Å². The molecule has 0 aromatic heterocycles. The quantitative estimate of drug-likeness (QED) is 0.369. The van der Waals surface area contributed by atoms with E-state index >= 15 is 0 Å². The summed E-state index contributed by atoms with van der Waals surface area (Å²) in [6.45, 7) is 2.37. The van der Waals surface area contributed by atoms with E-state index in [4.69, 9.17) is 0 Å². The maximum Gasteiger partial charge on any atom is 0.179 e. The molecule has 1 fully saturated rings. The Morgan fingerprint density at radius 3 is 1.56 bits per heavy atom. The van der Waals surface area contributed by atoms with Gasteiger partial charge in [0.2, 0.25) is 0 Å². The molecule has 1 saturated heterocycles. The normalized spacial score (nSPS) is 29.3. The van der Waals surface area contributed by atoms with Gasteiger partial charge in [-0.3, -0.25) is 9.80 Å². The molecule has 1 aliphatic heterocycles. The Hall–Kier alpha value is 1.38. The maximum atomic E-state index is 2.46. The number of rotatable bonds is 0. The summed E-state index contributed by atoms with van der Waals surface area (Å²) in [5, 5.41) is 0. The second kappa shape index (κ2) is 2.78. The highest BCUT2D eigenvalue weighted by Crippen LogP contribution is 2.37. The average molecular weight is 352 g/mol. The lowest BCUT2D eigenvalue weighted by Gasteiger charge is -2.28. The van der Waals surface area contributed by atoms with Crippen molar-refractivity contribution >= 4 is 45.2 Å². The Morgan fingerprint density at radius 2 is 1.44 bits per heavy atom. The van der Waals surface area contributed by atoms with E-state index in [2.05, 4.69) is 69.1 Å². The van der Waals surface area contributed by atoms with E-state index < -0.39 is 0 Å². The van der Waals surface area contributed by atoms with Gasteiger partial charge in [-0.1, -0.05) is 0 Å². The van der Waals surface area contributed by atoms with E-state index in [1.807, 2.05) is 0 Å². The van der Waals surface area contributed by atoms with Gasteiger partial charge in [0.1, 0.15) is 0 Å². The van der Waals surface area contributed by atoms with Crippen LogP contribution in [0.1, 0.15) is 0 Å². The van der Waals surface area contributed by atoms with Gasteiger partial charge in [0.05, 0.1) is 0 Å². The van der Waals surface area contributed by atoms with Crippen molar-refractivity contribution in [3.63, 3.8) is 0 Å². The summed E-state index contributed by atoms with van der Waals surface area (Å²) in [6.07, 6.45) is 0. The summed E-state index contributed by atoms with van der Waals surface area (Å²) in [5.74, 6) is 0. The van der Waals surface area contributed by atoms with Gasteiger partial charge in [0.25, 0.3) is 0 Å². The molecule has 0 aliphatic carbocycles. The second-order valence-electron chi connectivity index (χ2n) is 2.35. The molecule has 0 saturated carbocycles. The van der Waals surface area contributed by atoms with E-state index in [9.17, 15) is 0 Å². The molecule has 0 bridgehead atoms. The lowest BCUT2D eigenvalue weighted by molar-refractivity contribution is 0.280. The van der Waals surface area contributed by atoms with Crippen LogP contribution >= 0.6 is 45.2 Å². The minimum atomic E-state index is 0.218. The van der Waals surface area contributed by atoms with E-state index in [0.29, 0.717) is 0 Å². The monoisotopic (exact) mass is 352 g/mol. The zero-order valence-electron chi connectivity index (χ0n) is 5.56. The van der Waals surface area contributed by atoms with Crippen molar-refractivity contribution in [3.8, 4) is 0 Å². The van der Waals surface area contributed by atoms with Crippen molar-refractivity contribution in [3.05, 3.63) is 0 Å². The molecule has 0 amide bonds. The summed E-state index contributed by atoms with van der Waals surface area (Å²) < 4.78 is 0.218. The first-order chi connectivity index (χ1) is 4.05. The number of nitrogens with zero attached hydrogens (tertiary/aromatic N) is 2. The molecule has 1 rings (SSSR count). The van der Waals surface area contributed by atoms with Crippen LogP contribution in [0, 0.1) is 0 Å². The second-order valence-corrected chi connectivity index (χ2v) is 7.43. The predicted molar refractivity (Wildman–Crippen MR) is 56.0 cm³/mol. The number of halogens is 2. The fourth-order valence-electron chi connectivity index (χ4n) is 0.860. The predicted octanol–water partition coefficient (Wildman–Crippen LogP) is 1.34. The Labute approximate surface area is 83.2 Å². The molecule has 4 heteroatoms. The van der Waals surface area contributed by atoms with Gasteiger partial charge in [0.15, 0.2) is 1.68 Å². The van der Waals surface area contributed by atoms with Crippen molar-refractivity contribution < 1.29 is 0 Å². The summed E-state index contributed by atoms with van der Waals surface area (Å²) >= 11 is 4.91. The topological polar surface area (TPSA) is 6.48 Å². The van der Waals surface area contributed by atoms with E-state index in [-0.39, 0.29) is 1.68 Å². The third kappa shape index (κ3) is 1.51. The first-order valence-electron chi connectivity index (χ1n) is 2.85. The zero-order chi connectivity index (χ0) is 7.07. The van der Waals surface area contributed by atoms with Crippen LogP contribution in [0.5, 0.6) is 0 Å². The summed E-state index contributed by atoms with van der Waals surface area (Å²) in [6, 6.07) is 0. The van der Waals surface area contributed by atoms with Crippen LogP contribution in [-0.2, 0) is 0 Å². The molecule has 2 nitrogen and oxygen atoms in total. The van der Waals surface area contributed by atoms with Crippen LogP contribution in [0.4, 0.5) is 0 Å². The fraction of sp³-hybridized carbons (Fsp3) is 1.00. The van der Waals surface area contributed by atoms with Crippen molar-refractivity contribution in [1.82, 2.24) is 9.80 Å². The van der Waals surface area contributed by atoms with Crippen LogP contribution in [0.2, 0.25) is 0 Å². The number of likely N-dealkylation sites (N-methyl/N-ethyl adjacent to an activating group) is 2. The van der Waals surface area contributed by atoms with E-state index in [1.54, 1.807) is 0 Å². The molecule has 54 valence electrons. The first kappa shape index (κ1) is 8.48. The molecular formula is C5H10I2N2. The van der Waals surface area contributed by atoms with Gasteiger partial charge >= 0.3 is 0 Å². The standard InChI is InChI=1S/C5H10I2N2/c1-8-3-4-9(2)5(8,6)7/h3-4H2,1-2H3. The van der Waals surface area contributed by atoms with Crippen molar-refractivity contribution in [2.75, 3.05) is 27.2 Å². The highest BCUT2D eigenvalue weighted by Gasteiger charge is 2.37. The summed E-state index contributed by atoms with van der Waals surface area (Å²) in [4.78, 5) is 4.68. The highest BCUT2D eigenvalue weighted by molar-refractivity contribution is 14.2. The van der Waals surface area contributed by atoms with Gasteiger partial charge in [0, 0.05) is 13.1 Å². The van der Waals surface area contributed by atoms with Gasteiger partial charge in [-0.05, 0) is 59.3 Å². The third-order valence-corrected chi connectivity index (χ3v) is 4.98. The van der Waals surface area contributed by atoms with Crippen molar-refractivity contribution in [2.24, 2.45) is 0 Å². The molecular weight excluding hydrogens is 342 g/mol. The smallest absolute Gasteiger partial charge is 0.179 e. The lowest BCUT2D eigenvalue weighted by Crippen LogP contribution is -2.38. The summed E-state index contributed by atoms with van der Waals surface area (Å²) in [7, 11) is 4.31. The molecule has 1 aliphatic rings. The minimum Gasteiger partial charge on any atom is -0.270 e. The number of hydrogen-bond acceptors (Lipinski definition) is 2. The molecule has 0 aromatic carbocycles. The average Bonchev–Trinajstić information content (AvgIpc) is 1.96. The Balaban J connectivity index is 2.66. The largest absolute Gasteiger partial charge is 0.270 e. The van der Waals surface area contributed by atoms with Crippen LogP contribution in [0.25, 0.3) is 0 Å². The molecule has 0 unspecified atom stereocenters. The van der Waals surface area contributed by atoms with Gasteiger partial charge in [-0.25, -0.2) is 0 Å². The van der Waals surface area contributed by atoms with E-state index in [1.165, 1.54) is 13.1 Å².